The highest BCUT2D eigenvalue weighted by Crippen LogP contribution is 2.32. The largest absolute Gasteiger partial charge is 0.306 e. The molecule has 0 heterocycles. The summed E-state index contributed by atoms with van der Waals surface area (Å²) < 4.78 is 28.7. The van der Waals surface area contributed by atoms with Crippen LogP contribution in [0.1, 0.15) is 35.2 Å². The van der Waals surface area contributed by atoms with Gasteiger partial charge in [0.1, 0.15) is 11.6 Å². The zero-order chi connectivity index (χ0) is 15.6. The third-order valence-electron chi connectivity index (χ3n) is 3.53. The molecule has 0 spiro atoms. The average Bonchev–Trinajstić information content (AvgIpc) is 2.44. The molecule has 1 atom stereocenters. The molecule has 2 aromatic carbocycles. The van der Waals surface area contributed by atoms with Crippen molar-refractivity contribution in [1.82, 2.24) is 5.32 Å². The summed E-state index contributed by atoms with van der Waals surface area (Å²) in [4.78, 5) is 0. The molecular weight excluding hydrogens is 336 g/mol. The molecule has 4 heteroatoms. The van der Waals surface area contributed by atoms with E-state index in [1.807, 2.05) is 32.0 Å². The zero-order valence-electron chi connectivity index (χ0n) is 12.3. The number of halogens is 3. The van der Waals surface area contributed by atoms with E-state index in [4.69, 9.17) is 0 Å². The molecule has 21 heavy (non-hydrogen) atoms. The van der Waals surface area contributed by atoms with E-state index in [1.54, 1.807) is 13.0 Å². The second-order valence-electron chi connectivity index (χ2n) is 5.09. The standard InChI is InChI=1S/C17H18BrF2N/c1-4-21-17(12-7-5-6-10(2)16(12)18)13-8-11(3)14(19)9-15(13)20/h5-9,17,21H,4H2,1-3H3. The molecule has 0 saturated carbocycles. The number of hydrogen-bond acceptors (Lipinski definition) is 1. The highest BCUT2D eigenvalue weighted by molar-refractivity contribution is 9.10. The van der Waals surface area contributed by atoms with Gasteiger partial charge in [-0.15, -0.1) is 0 Å². The van der Waals surface area contributed by atoms with Gasteiger partial charge in [-0.25, -0.2) is 8.78 Å². The minimum Gasteiger partial charge on any atom is -0.306 e. The third-order valence-corrected chi connectivity index (χ3v) is 4.61. The van der Waals surface area contributed by atoms with E-state index in [0.29, 0.717) is 17.7 Å². The number of hydrogen-bond donors (Lipinski definition) is 1. The maximum atomic E-state index is 14.2. The molecule has 2 rings (SSSR count). The highest BCUT2D eigenvalue weighted by atomic mass is 79.9. The van der Waals surface area contributed by atoms with Gasteiger partial charge in [-0.1, -0.05) is 41.1 Å². The van der Waals surface area contributed by atoms with E-state index in [-0.39, 0.29) is 6.04 Å². The van der Waals surface area contributed by atoms with Crippen molar-refractivity contribution in [3.8, 4) is 0 Å². The highest BCUT2D eigenvalue weighted by Gasteiger charge is 2.21. The van der Waals surface area contributed by atoms with E-state index in [0.717, 1.165) is 21.7 Å². The minimum absolute atomic E-state index is 0.316. The van der Waals surface area contributed by atoms with Crippen LogP contribution in [0.2, 0.25) is 0 Å². The number of benzene rings is 2. The molecule has 0 fully saturated rings. The zero-order valence-corrected chi connectivity index (χ0v) is 13.9. The van der Waals surface area contributed by atoms with Gasteiger partial charge in [-0.05, 0) is 43.1 Å². The minimum atomic E-state index is -0.530. The molecular formula is C17H18BrF2N. The topological polar surface area (TPSA) is 12.0 Å². The van der Waals surface area contributed by atoms with Crippen molar-refractivity contribution in [3.63, 3.8) is 0 Å². The van der Waals surface area contributed by atoms with Crippen LogP contribution in [0.3, 0.4) is 0 Å². The first-order valence-electron chi connectivity index (χ1n) is 6.89. The molecule has 0 radical (unpaired) electrons. The molecule has 0 saturated heterocycles. The third kappa shape index (κ3) is 3.33. The Kier molecular flexibility index (Phi) is 5.12. The van der Waals surface area contributed by atoms with Gasteiger partial charge < -0.3 is 5.32 Å². The van der Waals surface area contributed by atoms with Gasteiger partial charge in [0.15, 0.2) is 0 Å². The summed E-state index contributed by atoms with van der Waals surface area (Å²) in [5.74, 6) is -1.05. The van der Waals surface area contributed by atoms with Crippen LogP contribution in [-0.4, -0.2) is 6.54 Å². The first-order valence-corrected chi connectivity index (χ1v) is 7.69. The summed E-state index contributed by atoms with van der Waals surface area (Å²) in [6.07, 6.45) is 0. The lowest BCUT2D eigenvalue weighted by molar-refractivity contribution is 0.537. The van der Waals surface area contributed by atoms with Crippen LogP contribution >= 0.6 is 15.9 Å². The average molecular weight is 354 g/mol. The van der Waals surface area contributed by atoms with Gasteiger partial charge in [0.25, 0.3) is 0 Å². The Labute approximate surface area is 132 Å². The lowest BCUT2D eigenvalue weighted by atomic mass is 9.95. The molecule has 0 aromatic heterocycles. The molecule has 0 amide bonds. The molecule has 2 aromatic rings. The van der Waals surface area contributed by atoms with Crippen molar-refractivity contribution < 1.29 is 8.78 Å². The second-order valence-corrected chi connectivity index (χ2v) is 5.88. The Hall–Kier alpha value is -1.26. The number of aryl methyl sites for hydroxylation is 2. The number of rotatable bonds is 4. The van der Waals surface area contributed by atoms with Gasteiger partial charge in [-0.2, -0.15) is 0 Å². The maximum absolute atomic E-state index is 14.2. The Bertz CT molecular complexity index is 655. The SMILES string of the molecule is CCNC(c1cc(C)c(F)cc1F)c1cccc(C)c1Br. The van der Waals surface area contributed by atoms with E-state index in [9.17, 15) is 8.78 Å². The van der Waals surface area contributed by atoms with Crippen molar-refractivity contribution in [3.05, 3.63) is 68.7 Å². The van der Waals surface area contributed by atoms with Crippen LogP contribution in [0.4, 0.5) is 8.78 Å². The van der Waals surface area contributed by atoms with Crippen LogP contribution < -0.4 is 5.32 Å². The molecule has 112 valence electrons. The second kappa shape index (κ2) is 6.67. The lowest BCUT2D eigenvalue weighted by Gasteiger charge is -2.22. The first-order chi connectivity index (χ1) is 9.95. The predicted molar refractivity (Wildman–Crippen MR) is 85.5 cm³/mol. The molecule has 0 aliphatic heterocycles. The summed E-state index contributed by atoms with van der Waals surface area (Å²) in [5.41, 5.74) is 2.93. The van der Waals surface area contributed by atoms with Gasteiger partial charge >= 0.3 is 0 Å². The van der Waals surface area contributed by atoms with Crippen LogP contribution in [0.25, 0.3) is 0 Å². The number of nitrogens with one attached hydrogen (secondary N) is 1. The first kappa shape index (κ1) is 16.1. The smallest absolute Gasteiger partial charge is 0.131 e. The summed E-state index contributed by atoms with van der Waals surface area (Å²) in [6, 6.07) is 8.09. The summed E-state index contributed by atoms with van der Waals surface area (Å²) in [7, 11) is 0. The Morgan fingerprint density at radius 3 is 2.43 bits per heavy atom. The van der Waals surface area contributed by atoms with Crippen LogP contribution in [0, 0.1) is 25.5 Å². The predicted octanol–water partition coefficient (Wildman–Crippen LogP) is 5.04. The van der Waals surface area contributed by atoms with E-state index in [1.165, 1.54) is 0 Å². The van der Waals surface area contributed by atoms with Crippen molar-refractivity contribution in [2.45, 2.75) is 26.8 Å². The van der Waals surface area contributed by atoms with Crippen LogP contribution in [0.15, 0.2) is 34.8 Å². The summed E-state index contributed by atoms with van der Waals surface area (Å²) in [5, 5.41) is 3.28. The van der Waals surface area contributed by atoms with Gasteiger partial charge in [0, 0.05) is 16.1 Å². The Balaban J connectivity index is 2.59. The summed E-state index contributed by atoms with van der Waals surface area (Å²) >= 11 is 3.57. The molecule has 1 N–H and O–H groups in total. The molecule has 1 unspecified atom stereocenters. The Morgan fingerprint density at radius 2 is 1.76 bits per heavy atom. The molecule has 0 aliphatic rings. The van der Waals surface area contributed by atoms with Crippen LogP contribution in [-0.2, 0) is 0 Å². The fraction of sp³-hybridized carbons (Fsp3) is 0.294. The molecule has 0 bridgehead atoms. The van der Waals surface area contributed by atoms with Crippen molar-refractivity contribution >= 4 is 15.9 Å². The van der Waals surface area contributed by atoms with Crippen molar-refractivity contribution in [2.75, 3.05) is 6.54 Å². The Morgan fingerprint density at radius 1 is 1.05 bits per heavy atom. The maximum Gasteiger partial charge on any atom is 0.131 e. The van der Waals surface area contributed by atoms with Crippen molar-refractivity contribution in [2.24, 2.45) is 0 Å². The lowest BCUT2D eigenvalue weighted by Crippen LogP contribution is -2.24. The van der Waals surface area contributed by atoms with E-state index < -0.39 is 11.6 Å². The normalized spacial score (nSPS) is 12.5. The molecule has 0 aliphatic carbocycles. The van der Waals surface area contributed by atoms with Gasteiger partial charge in [-0.3, -0.25) is 0 Å². The van der Waals surface area contributed by atoms with E-state index >= 15 is 0 Å². The van der Waals surface area contributed by atoms with Gasteiger partial charge in [0.2, 0.25) is 0 Å². The monoisotopic (exact) mass is 353 g/mol. The van der Waals surface area contributed by atoms with Crippen molar-refractivity contribution in [1.29, 1.82) is 0 Å². The summed E-state index contributed by atoms with van der Waals surface area (Å²) in [6.45, 7) is 6.28. The quantitative estimate of drug-likeness (QED) is 0.811. The van der Waals surface area contributed by atoms with Crippen LogP contribution in [0.5, 0.6) is 0 Å². The fourth-order valence-corrected chi connectivity index (χ4v) is 2.88. The molecule has 1 nitrogen and oxygen atoms in total. The fourth-order valence-electron chi connectivity index (χ4n) is 2.39. The van der Waals surface area contributed by atoms with Gasteiger partial charge in [0.05, 0.1) is 6.04 Å². The van der Waals surface area contributed by atoms with E-state index in [2.05, 4.69) is 21.2 Å².